The maximum absolute atomic E-state index is 12.9. The largest absolute Gasteiger partial charge is 0.490 e. The number of benzene rings is 7. The van der Waals surface area contributed by atoms with Gasteiger partial charge >= 0.3 is 11.9 Å². The van der Waals surface area contributed by atoms with E-state index in [4.69, 9.17) is 41.3 Å². The third-order valence-corrected chi connectivity index (χ3v) is 9.75. The van der Waals surface area contributed by atoms with Crippen LogP contribution in [0, 0.1) is 24.7 Å². The first-order chi connectivity index (χ1) is 29.8. The van der Waals surface area contributed by atoms with Crippen molar-refractivity contribution in [2.24, 2.45) is 0 Å². The molecule has 0 aliphatic carbocycles. The molecule has 0 spiro atoms. The lowest BCUT2D eigenvalue weighted by Gasteiger charge is -2.19. The van der Waals surface area contributed by atoms with Gasteiger partial charge in [-0.3, -0.25) is 0 Å². The van der Waals surface area contributed by atoms with Crippen molar-refractivity contribution in [2.75, 3.05) is 39.6 Å². The summed E-state index contributed by atoms with van der Waals surface area (Å²) in [5.41, 5.74) is 2.35. The first kappa shape index (κ1) is 41.7. The van der Waals surface area contributed by atoms with E-state index in [1.165, 1.54) is 0 Å². The Hall–Kier alpha value is -7.50. The van der Waals surface area contributed by atoms with Crippen LogP contribution in [0.4, 0.5) is 0 Å². The van der Waals surface area contributed by atoms with Gasteiger partial charge in [0.05, 0.1) is 11.1 Å². The van der Waals surface area contributed by atoms with E-state index in [2.05, 4.69) is 11.8 Å². The van der Waals surface area contributed by atoms with Gasteiger partial charge in [-0.25, -0.2) is 9.59 Å². The number of hydrogen-bond acceptors (Lipinski definition) is 10. The second-order valence-corrected chi connectivity index (χ2v) is 14.1. The van der Waals surface area contributed by atoms with Crippen LogP contribution in [0.15, 0.2) is 133 Å². The lowest BCUT2D eigenvalue weighted by Crippen LogP contribution is -2.25. The average Bonchev–Trinajstić information content (AvgIpc) is 3.29. The van der Waals surface area contributed by atoms with E-state index in [0.29, 0.717) is 40.5 Å². The van der Waals surface area contributed by atoms with E-state index in [1.54, 1.807) is 54.6 Å². The molecule has 7 aromatic carbocycles. The second-order valence-electron chi connectivity index (χ2n) is 14.1. The van der Waals surface area contributed by atoms with Gasteiger partial charge < -0.3 is 38.6 Å². The van der Waals surface area contributed by atoms with Crippen LogP contribution >= 0.6 is 0 Å². The summed E-state index contributed by atoms with van der Waals surface area (Å²) in [6.45, 7) is -0.502. The zero-order valence-corrected chi connectivity index (χ0v) is 33.1. The van der Waals surface area contributed by atoms with Crippen molar-refractivity contribution < 1.29 is 48.2 Å². The second kappa shape index (κ2) is 20.0. The highest BCUT2D eigenvalue weighted by Crippen LogP contribution is 2.33. The summed E-state index contributed by atoms with van der Waals surface area (Å²) >= 11 is 0. The molecule has 0 heterocycles. The Morgan fingerprint density at radius 1 is 0.508 bits per heavy atom. The molecule has 306 valence electrons. The molecule has 0 saturated carbocycles. The molecule has 0 bridgehead atoms. The van der Waals surface area contributed by atoms with E-state index in [9.17, 15) is 19.8 Å². The minimum absolute atomic E-state index is 0.130. The molecular formula is C51H42O10. The van der Waals surface area contributed by atoms with Crippen molar-refractivity contribution in [2.45, 2.75) is 18.6 Å². The number of terminal acetylenes is 2. The topological polar surface area (TPSA) is 130 Å². The third-order valence-electron chi connectivity index (χ3n) is 9.75. The third kappa shape index (κ3) is 10.8. The molecule has 0 fully saturated rings. The molecule has 2 atom stereocenters. The Labute approximate surface area is 353 Å². The van der Waals surface area contributed by atoms with Gasteiger partial charge in [-0.05, 0) is 98.5 Å². The Morgan fingerprint density at radius 3 is 1.59 bits per heavy atom. The molecule has 10 heteroatoms. The number of hydrogen-bond donors (Lipinski definition) is 2. The van der Waals surface area contributed by atoms with Crippen LogP contribution < -0.4 is 18.9 Å². The fourth-order valence-electron chi connectivity index (χ4n) is 6.72. The highest BCUT2D eigenvalue weighted by Gasteiger charge is 2.18. The highest BCUT2D eigenvalue weighted by molar-refractivity contribution is 5.97. The van der Waals surface area contributed by atoms with Gasteiger partial charge in [0.2, 0.25) is 0 Å². The van der Waals surface area contributed by atoms with Crippen molar-refractivity contribution in [1.29, 1.82) is 0 Å². The Morgan fingerprint density at radius 2 is 1.00 bits per heavy atom. The predicted octanol–water partition coefficient (Wildman–Crippen LogP) is 7.95. The van der Waals surface area contributed by atoms with Crippen LogP contribution in [0.1, 0.15) is 31.8 Å². The number of aliphatic hydroxyl groups is 2. The fraction of sp³-hybridized carbons (Fsp3) is 0.176. The number of rotatable bonds is 18. The summed E-state index contributed by atoms with van der Waals surface area (Å²) < 4.78 is 34.1. The molecule has 7 rings (SSSR count). The molecule has 0 aliphatic heterocycles. The maximum Gasteiger partial charge on any atom is 0.338 e. The van der Waals surface area contributed by atoms with Crippen molar-refractivity contribution in [3.8, 4) is 47.7 Å². The van der Waals surface area contributed by atoms with Crippen LogP contribution in [0.3, 0.4) is 0 Å². The Balaban J connectivity index is 0.947. The van der Waals surface area contributed by atoms with Crippen LogP contribution in [-0.2, 0) is 15.9 Å². The number of ether oxygens (including phenoxy) is 6. The van der Waals surface area contributed by atoms with Gasteiger partial charge in [0.25, 0.3) is 0 Å². The molecule has 0 aromatic heterocycles. The van der Waals surface area contributed by atoms with E-state index in [0.717, 1.165) is 43.4 Å². The number of esters is 2. The number of carbonyl (C=O) groups is 2. The summed E-state index contributed by atoms with van der Waals surface area (Å²) in [4.78, 5) is 25.8. The van der Waals surface area contributed by atoms with Gasteiger partial charge in [-0.2, -0.15) is 0 Å². The Bertz CT molecular complexity index is 2760. The maximum atomic E-state index is 12.9. The highest BCUT2D eigenvalue weighted by atomic mass is 16.6. The zero-order valence-electron chi connectivity index (χ0n) is 33.1. The predicted molar refractivity (Wildman–Crippen MR) is 233 cm³/mol. The van der Waals surface area contributed by atoms with Gasteiger partial charge in [-0.15, -0.1) is 12.8 Å². The molecule has 61 heavy (non-hydrogen) atoms. The number of para-hydroxylation sites is 1. The van der Waals surface area contributed by atoms with Crippen LogP contribution in [0.5, 0.6) is 23.0 Å². The summed E-state index contributed by atoms with van der Waals surface area (Å²) in [5, 5.41) is 26.9. The molecule has 0 radical (unpaired) electrons. The lowest BCUT2D eigenvalue weighted by atomic mass is 9.97. The van der Waals surface area contributed by atoms with Gasteiger partial charge in [0.15, 0.2) is 0 Å². The standard InChI is InChI=1S/C51H42O10/c1-3-23-56-44-20-17-35-25-40(15-13-37(35)27-44)50(54)60-32-42(52)30-58-48-12-8-6-10-39(48)29-47-46-11-7-5-9-34(46)19-22-49(47)59-31-43(53)33-61-51(55)41-16-14-38-28-45(57-24-4-2)21-18-36(38)26-41/h1-2,5-22,25-28,42-43,52-53H,23-24,29-33H2. The molecular weight excluding hydrogens is 773 g/mol. The average molecular weight is 815 g/mol. The van der Waals surface area contributed by atoms with Crippen molar-refractivity contribution >= 4 is 44.3 Å². The van der Waals surface area contributed by atoms with E-state index < -0.39 is 24.1 Å². The fourth-order valence-corrected chi connectivity index (χ4v) is 6.72. The summed E-state index contributed by atoms with van der Waals surface area (Å²) in [7, 11) is 0. The van der Waals surface area contributed by atoms with E-state index in [-0.39, 0.29) is 39.6 Å². The smallest absolute Gasteiger partial charge is 0.338 e. The van der Waals surface area contributed by atoms with Crippen LogP contribution in [0.25, 0.3) is 32.3 Å². The van der Waals surface area contributed by atoms with Crippen molar-refractivity contribution in [3.63, 3.8) is 0 Å². The summed E-state index contributed by atoms with van der Waals surface area (Å²) in [6.07, 6.45) is 8.74. The van der Waals surface area contributed by atoms with E-state index >= 15 is 0 Å². The molecule has 0 amide bonds. The van der Waals surface area contributed by atoms with Crippen LogP contribution in [0.2, 0.25) is 0 Å². The minimum Gasteiger partial charge on any atom is -0.490 e. The normalized spacial score (nSPS) is 11.9. The van der Waals surface area contributed by atoms with Gasteiger partial charge in [0, 0.05) is 12.0 Å². The SMILES string of the molecule is C#CCOc1ccc2cc(C(=O)OCC(O)COc3ccccc3Cc3c(OCC(O)COC(=O)c4ccc5cc(OCC#C)ccc5c4)ccc4ccccc34)ccc2c1. The number of fused-ring (bicyclic) bond motifs is 3. The molecule has 0 saturated heterocycles. The molecule has 2 unspecified atom stereocenters. The molecule has 7 aromatic rings. The number of aliphatic hydroxyl groups excluding tert-OH is 2. The van der Waals surface area contributed by atoms with E-state index in [1.807, 2.05) is 78.9 Å². The van der Waals surface area contributed by atoms with Crippen molar-refractivity contribution in [3.05, 3.63) is 156 Å². The van der Waals surface area contributed by atoms with Gasteiger partial charge in [0.1, 0.15) is 74.8 Å². The molecule has 10 nitrogen and oxygen atoms in total. The minimum atomic E-state index is -1.11. The summed E-state index contributed by atoms with van der Waals surface area (Å²) in [5.74, 6) is 6.05. The monoisotopic (exact) mass is 814 g/mol. The number of carbonyl (C=O) groups excluding carboxylic acids is 2. The van der Waals surface area contributed by atoms with Crippen molar-refractivity contribution in [1.82, 2.24) is 0 Å². The first-order valence-electron chi connectivity index (χ1n) is 19.5. The first-order valence-corrected chi connectivity index (χ1v) is 19.5. The quantitative estimate of drug-likeness (QED) is 0.0651. The van der Waals surface area contributed by atoms with Crippen LogP contribution in [-0.4, -0.2) is 74.0 Å². The zero-order chi connectivity index (χ0) is 42.6. The lowest BCUT2D eigenvalue weighted by molar-refractivity contribution is 0.0128. The Kier molecular flexibility index (Phi) is 13.6. The molecule has 0 aliphatic rings. The molecule has 2 N–H and O–H groups in total. The summed E-state index contributed by atoms with van der Waals surface area (Å²) in [6, 6.07) is 40.3. The van der Waals surface area contributed by atoms with Gasteiger partial charge in [-0.1, -0.05) is 84.6 Å².